The van der Waals surface area contributed by atoms with Crippen LogP contribution >= 0.6 is 27.5 Å². The Labute approximate surface area is 148 Å². The van der Waals surface area contributed by atoms with Gasteiger partial charge in [0.2, 0.25) is 5.91 Å². The number of carbonyl (C=O) groups is 1. The zero-order chi connectivity index (χ0) is 16.8. The highest BCUT2D eigenvalue weighted by molar-refractivity contribution is 9.10. The Morgan fingerprint density at radius 2 is 1.87 bits per heavy atom. The fourth-order valence-electron chi connectivity index (χ4n) is 1.92. The Kier molecular flexibility index (Phi) is 6.07. The molecule has 0 spiro atoms. The van der Waals surface area contributed by atoms with Crippen LogP contribution in [-0.2, 0) is 4.79 Å². The number of hydrogen-bond acceptors (Lipinski definition) is 3. The summed E-state index contributed by atoms with van der Waals surface area (Å²) in [7, 11) is 3.13. The van der Waals surface area contributed by atoms with Gasteiger partial charge in [-0.3, -0.25) is 4.79 Å². The molecule has 0 atom stereocenters. The largest absolute Gasteiger partial charge is 0.493 e. The number of nitrogens with one attached hydrogen (secondary N) is 1. The lowest BCUT2D eigenvalue weighted by atomic mass is 10.2. The zero-order valence-corrected chi connectivity index (χ0v) is 14.9. The molecule has 0 aliphatic carbocycles. The molecule has 0 aliphatic rings. The van der Waals surface area contributed by atoms with Crippen LogP contribution in [0.1, 0.15) is 5.56 Å². The van der Waals surface area contributed by atoms with Gasteiger partial charge in [0.1, 0.15) is 0 Å². The van der Waals surface area contributed by atoms with E-state index in [0.29, 0.717) is 22.2 Å². The summed E-state index contributed by atoms with van der Waals surface area (Å²) in [5.74, 6) is 0.952. The number of hydrogen-bond donors (Lipinski definition) is 1. The number of amides is 1. The summed E-state index contributed by atoms with van der Waals surface area (Å²) >= 11 is 9.22. The molecule has 2 rings (SSSR count). The number of benzene rings is 2. The Morgan fingerprint density at radius 3 is 2.48 bits per heavy atom. The molecule has 0 heterocycles. The number of carbonyl (C=O) groups excluding carboxylic acids is 1. The molecule has 1 N–H and O–H groups in total. The van der Waals surface area contributed by atoms with Gasteiger partial charge in [-0.15, -0.1) is 0 Å². The second-order valence-corrected chi connectivity index (χ2v) is 5.86. The number of rotatable bonds is 5. The lowest BCUT2D eigenvalue weighted by Crippen LogP contribution is -2.07. The van der Waals surface area contributed by atoms with Crippen molar-refractivity contribution in [3.05, 3.63) is 57.5 Å². The molecule has 0 fully saturated rings. The average Bonchev–Trinajstić information content (AvgIpc) is 2.54. The lowest BCUT2D eigenvalue weighted by Gasteiger charge is -2.10. The van der Waals surface area contributed by atoms with E-state index < -0.39 is 0 Å². The predicted molar refractivity (Wildman–Crippen MR) is 96.4 cm³/mol. The molecule has 0 unspecified atom stereocenters. The first-order chi connectivity index (χ1) is 11.0. The highest BCUT2D eigenvalue weighted by Crippen LogP contribution is 2.36. The van der Waals surface area contributed by atoms with Gasteiger partial charge in [-0.1, -0.05) is 11.6 Å². The minimum atomic E-state index is -0.238. The Hall–Kier alpha value is -1.98. The SMILES string of the molecule is COc1cc(/C=C/C(=O)Nc2ccc(Cl)cc2)cc(Br)c1OC. The van der Waals surface area contributed by atoms with Crippen LogP contribution < -0.4 is 14.8 Å². The second kappa shape index (κ2) is 8.04. The molecule has 4 nitrogen and oxygen atoms in total. The molecule has 23 heavy (non-hydrogen) atoms. The summed E-state index contributed by atoms with van der Waals surface area (Å²) < 4.78 is 11.3. The van der Waals surface area contributed by atoms with E-state index in [1.807, 2.05) is 6.07 Å². The van der Waals surface area contributed by atoms with Crippen LogP contribution in [0.4, 0.5) is 5.69 Å². The molecular weight excluding hydrogens is 382 g/mol. The first-order valence-electron chi connectivity index (χ1n) is 6.69. The fourth-order valence-corrected chi connectivity index (χ4v) is 2.67. The van der Waals surface area contributed by atoms with E-state index >= 15 is 0 Å². The van der Waals surface area contributed by atoms with Crippen molar-refractivity contribution < 1.29 is 14.3 Å². The van der Waals surface area contributed by atoms with Crippen LogP contribution in [-0.4, -0.2) is 20.1 Å². The summed E-state index contributed by atoms with van der Waals surface area (Å²) in [6.07, 6.45) is 3.14. The maximum Gasteiger partial charge on any atom is 0.248 e. The highest BCUT2D eigenvalue weighted by atomic mass is 79.9. The Morgan fingerprint density at radius 1 is 1.17 bits per heavy atom. The van der Waals surface area contributed by atoms with Crippen LogP contribution in [0.2, 0.25) is 5.02 Å². The van der Waals surface area contributed by atoms with Crippen LogP contribution in [0.3, 0.4) is 0 Å². The van der Waals surface area contributed by atoms with Crippen molar-refractivity contribution in [2.24, 2.45) is 0 Å². The molecule has 0 saturated heterocycles. The van der Waals surface area contributed by atoms with Gasteiger partial charge in [-0.05, 0) is 64.0 Å². The maximum atomic E-state index is 11.9. The van der Waals surface area contributed by atoms with Gasteiger partial charge in [0.15, 0.2) is 11.5 Å². The highest BCUT2D eigenvalue weighted by Gasteiger charge is 2.09. The van der Waals surface area contributed by atoms with E-state index in [9.17, 15) is 4.79 Å². The smallest absolute Gasteiger partial charge is 0.248 e. The minimum Gasteiger partial charge on any atom is -0.493 e. The third-order valence-electron chi connectivity index (χ3n) is 2.99. The molecule has 0 aliphatic heterocycles. The van der Waals surface area contributed by atoms with Crippen LogP contribution in [0.5, 0.6) is 11.5 Å². The van der Waals surface area contributed by atoms with E-state index in [1.54, 1.807) is 50.6 Å². The summed E-state index contributed by atoms with van der Waals surface area (Å²) in [5, 5.41) is 3.37. The molecule has 0 saturated carbocycles. The van der Waals surface area contributed by atoms with Gasteiger partial charge < -0.3 is 14.8 Å². The van der Waals surface area contributed by atoms with Crippen molar-refractivity contribution >= 4 is 45.2 Å². The normalized spacial score (nSPS) is 10.6. The van der Waals surface area contributed by atoms with E-state index in [4.69, 9.17) is 21.1 Å². The van der Waals surface area contributed by atoms with Crippen LogP contribution in [0.15, 0.2) is 46.9 Å². The second-order valence-electron chi connectivity index (χ2n) is 4.57. The lowest BCUT2D eigenvalue weighted by molar-refractivity contribution is -0.111. The molecular formula is C17H15BrClNO3. The minimum absolute atomic E-state index is 0.238. The first-order valence-corrected chi connectivity index (χ1v) is 7.86. The van der Waals surface area contributed by atoms with Gasteiger partial charge in [0.05, 0.1) is 18.7 Å². The van der Waals surface area contributed by atoms with Gasteiger partial charge in [0, 0.05) is 16.8 Å². The number of halogens is 2. The number of methoxy groups -OCH3 is 2. The molecule has 6 heteroatoms. The Balaban J connectivity index is 2.11. The summed E-state index contributed by atoms with van der Waals surface area (Å²) in [4.78, 5) is 11.9. The predicted octanol–water partition coefficient (Wildman–Crippen LogP) is 4.77. The Bertz CT molecular complexity index is 729. The maximum absolute atomic E-state index is 11.9. The standard InChI is InChI=1S/C17H15BrClNO3/c1-22-15-10-11(9-14(18)17(15)23-2)3-8-16(21)20-13-6-4-12(19)5-7-13/h3-10H,1-2H3,(H,20,21)/b8-3+. The molecule has 0 radical (unpaired) electrons. The molecule has 2 aromatic rings. The fraction of sp³-hybridized carbons (Fsp3) is 0.118. The van der Waals surface area contributed by atoms with Gasteiger partial charge in [0.25, 0.3) is 0 Å². The van der Waals surface area contributed by atoms with Crippen molar-refractivity contribution in [3.63, 3.8) is 0 Å². The third kappa shape index (κ3) is 4.74. The van der Waals surface area contributed by atoms with Crippen molar-refractivity contribution in [3.8, 4) is 11.5 Å². The van der Waals surface area contributed by atoms with Crippen molar-refractivity contribution in [1.82, 2.24) is 0 Å². The van der Waals surface area contributed by atoms with E-state index in [1.165, 1.54) is 6.08 Å². The average molecular weight is 397 g/mol. The summed E-state index contributed by atoms with van der Waals surface area (Å²) in [6, 6.07) is 10.5. The number of ether oxygens (including phenoxy) is 2. The van der Waals surface area contributed by atoms with Crippen molar-refractivity contribution in [2.45, 2.75) is 0 Å². The van der Waals surface area contributed by atoms with Crippen molar-refractivity contribution in [1.29, 1.82) is 0 Å². The van der Waals surface area contributed by atoms with Crippen molar-refractivity contribution in [2.75, 3.05) is 19.5 Å². The molecule has 1 amide bonds. The van der Waals surface area contributed by atoms with Gasteiger partial charge >= 0.3 is 0 Å². The van der Waals surface area contributed by atoms with Gasteiger partial charge in [-0.25, -0.2) is 0 Å². The summed E-state index contributed by atoms with van der Waals surface area (Å²) in [5.41, 5.74) is 1.48. The molecule has 0 aromatic heterocycles. The molecule has 120 valence electrons. The molecule has 2 aromatic carbocycles. The van der Waals surface area contributed by atoms with Gasteiger partial charge in [-0.2, -0.15) is 0 Å². The van der Waals surface area contributed by atoms with Crippen LogP contribution in [0, 0.1) is 0 Å². The quantitative estimate of drug-likeness (QED) is 0.741. The topological polar surface area (TPSA) is 47.6 Å². The summed E-state index contributed by atoms with van der Waals surface area (Å²) in [6.45, 7) is 0. The van der Waals surface area contributed by atoms with E-state index in [-0.39, 0.29) is 5.91 Å². The zero-order valence-electron chi connectivity index (χ0n) is 12.6. The van der Waals surface area contributed by atoms with E-state index in [0.717, 1.165) is 10.0 Å². The third-order valence-corrected chi connectivity index (χ3v) is 3.84. The molecule has 0 bridgehead atoms. The van der Waals surface area contributed by atoms with Crippen LogP contribution in [0.25, 0.3) is 6.08 Å². The first kappa shape index (κ1) is 17.4. The monoisotopic (exact) mass is 395 g/mol. The number of anilines is 1. The van der Waals surface area contributed by atoms with E-state index in [2.05, 4.69) is 21.2 Å².